The van der Waals surface area contributed by atoms with Crippen molar-refractivity contribution in [2.75, 3.05) is 13.3 Å². The lowest BCUT2D eigenvalue weighted by molar-refractivity contribution is -0.131. The average Bonchev–Trinajstić information content (AvgIpc) is 3.10. The number of benzene rings is 1. The van der Waals surface area contributed by atoms with Crippen molar-refractivity contribution < 1.29 is 19.1 Å². The third-order valence-electron chi connectivity index (χ3n) is 4.16. The highest BCUT2D eigenvalue weighted by Crippen LogP contribution is 2.32. The summed E-state index contributed by atoms with van der Waals surface area (Å²) in [6.45, 7) is 7.13. The Bertz CT molecular complexity index is 654. The predicted octanol–water partition coefficient (Wildman–Crippen LogP) is 1.61. The quantitative estimate of drug-likeness (QED) is 0.881. The standard InChI is InChI=1S/C17H23N3O4/c1-17(2,3)20-9-12(7-15(20)21)19-16(22)18-8-11-4-5-13-14(6-11)24-10-23-13/h4-6,12H,7-10H2,1-3H3,(H2,18,19,22)/t12-/m1/s1. The lowest BCUT2D eigenvalue weighted by atomic mass is 10.1. The molecule has 2 aliphatic rings. The largest absolute Gasteiger partial charge is 0.454 e. The average molecular weight is 333 g/mol. The molecule has 130 valence electrons. The van der Waals surface area contributed by atoms with Gasteiger partial charge in [0.1, 0.15) is 0 Å². The maximum absolute atomic E-state index is 12.1. The summed E-state index contributed by atoms with van der Waals surface area (Å²) in [7, 11) is 0. The minimum Gasteiger partial charge on any atom is -0.454 e. The highest BCUT2D eigenvalue weighted by Gasteiger charge is 2.36. The van der Waals surface area contributed by atoms with E-state index < -0.39 is 0 Å². The summed E-state index contributed by atoms with van der Waals surface area (Å²) in [5, 5.41) is 5.67. The van der Waals surface area contributed by atoms with Crippen LogP contribution in [0.1, 0.15) is 32.8 Å². The van der Waals surface area contributed by atoms with Gasteiger partial charge in [0.2, 0.25) is 12.7 Å². The van der Waals surface area contributed by atoms with Gasteiger partial charge in [0.05, 0.1) is 6.04 Å². The normalized spacial score (nSPS) is 19.5. The molecule has 0 bridgehead atoms. The number of hydrogen-bond acceptors (Lipinski definition) is 4. The second-order valence-electron chi connectivity index (χ2n) is 7.09. The predicted molar refractivity (Wildman–Crippen MR) is 87.8 cm³/mol. The van der Waals surface area contributed by atoms with E-state index in [2.05, 4.69) is 10.6 Å². The fraction of sp³-hybridized carbons (Fsp3) is 0.529. The first-order chi connectivity index (χ1) is 11.3. The van der Waals surface area contributed by atoms with E-state index in [1.54, 1.807) is 4.90 Å². The van der Waals surface area contributed by atoms with E-state index in [9.17, 15) is 9.59 Å². The maximum atomic E-state index is 12.1. The van der Waals surface area contributed by atoms with Gasteiger partial charge in [-0.3, -0.25) is 4.79 Å². The molecular weight excluding hydrogens is 310 g/mol. The Kier molecular flexibility index (Phi) is 4.26. The summed E-state index contributed by atoms with van der Waals surface area (Å²) in [6.07, 6.45) is 0.342. The zero-order valence-electron chi connectivity index (χ0n) is 14.2. The fourth-order valence-electron chi connectivity index (χ4n) is 2.92. The summed E-state index contributed by atoms with van der Waals surface area (Å²) < 4.78 is 10.6. The summed E-state index contributed by atoms with van der Waals surface area (Å²) >= 11 is 0. The smallest absolute Gasteiger partial charge is 0.315 e. The molecule has 0 spiro atoms. The number of fused-ring (bicyclic) bond motifs is 1. The minimum atomic E-state index is -0.277. The first-order valence-corrected chi connectivity index (χ1v) is 8.06. The van der Waals surface area contributed by atoms with Crippen LogP contribution in [0.25, 0.3) is 0 Å². The van der Waals surface area contributed by atoms with Crippen LogP contribution in [-0.2, 0) is 11.3 Å². The van der Waals surface area contributed by atoms with Crippen LogP contribution in [0.15, 0.2) is 18.2 Å². The number of carbonyl (C=O) groups excluding carboxylic acids is 2. The molecule has 2 aliphatic heterocycles. The molecule has 7 nitrogen and oxygen atoms in total. The summed E-state index contributed by atoms with van der Waals surface area (Å²) in [6, 6.07) is 5.13. The molecular formula is C17H23N3O4. The third-order valence-corrected chi connectivity index (χ3v) is 4.16. The maximum Gasteiger partial charge on any atom is 0.315 e. The van der Waals surface area contributed by atoms with E-state index in [1.807, 2.05) is 39.0 Å². The Morgan fingerprint density at radius 1 is 1.29 bits per heavy atom. The number of amides is 3. The van der Waals surface area contributed by atoms with Crippen molar-refractivity contribution >= 4 is 11.9 Å². The van der Waals surface area contributed by atoms with Crippen molar-refractivity contribution in [1.29, 1.82) is 0 Å². The van der Waals surface area contributed by atoms with Crippen LogP contribution < -0.4 is 20.1 Å². The number of hydrogen-bond donors (Lipinski definition) is 2. The number of rotatable bonds is 3. The van der Waals surface area contributed by atoms with Gasteiger partial charge in [-0.15, -0.1) is 0 Å². The van der Waals surface area contributed by atoms with Crippen LogP contribution in [0, 0.1) is 0 Å². The Hall–Kier alpha value is -2.44. The molecule has 1 aromatic rings. The van der Waals surface area contributed by atoms with Crippen molar-refractivity contribution in [3.05, 3.63) is 23.8 Å². The van der Waals surface area contributed by atoms with E-state index in [4.69, 9.17) is 9.47 Å². The Labute approximate surface area is 141 Å². The highest BCUT2D eigenvalue weighted by atomic mass is 16.7. The molecule has 3 rings (SSSR count). The van der Waals surface area contributed by atoms with Crippen LogP contribution in [0.4, 0.5) is 4.79 Å². The van der Waals surface area contributed by atoms with Crippen molar-refractivity contribution in [3.8, 4) is 11.5 Å². The van der Waals surface area contributed by atoms with Gasteiger partial charge in [-0.25, -0.2) is 4.79 Å². The molecule has 2 heterocycles. The van der Waals surface area contributed by atoms with Crippen molar-refractivity contribution in [3.63, 3.8) is 0 Å². The SMILES string of the molecule is CC(C)(C)N1C[C@H](NC(=O)NCc2ccc3c(c2)OCO3)CC1=O. The second-order valence-corrected chi connectivity index (χ2v) is 7.09. The van der Waals surface area contributed by atoms with Crippen molar-refractivity contribution in [2.24, 2.45) is 0 Å². The lowest BCUT2D eigenvalue weighted by Gasteiger charge is -2.32. The van der Waals surface area contributed by atoms with Crippen LogP contribution in [0.2, 0.25) is 0 Å². The first-order valence-electron chi connectivity index (χ1n) is 8.06. The number of nitrogens with one attached hydrogen (secondary N) is 2. The second kappa shape index (κ2) is 6.22. The number of likely N-dealkylation sites (tertiary alicyclic amines) is 1. The van der Waals surface area contributed by atoms with Crippen molar-refractivity contribution in [1.82, 2.24) is 15.5 Å². The van der Waals surface area contributed by atoms with E-state index in [0.717, 1.165) is 11.3 Å². The molecule has 0 unspecified atom stereocenters. The Morgan fingerprint density at radius 2 is 2.04 bits per heavy atom. The molecule has 24 heavy (non-hydrogen) atoms. The number of carbonyl (C=O) groups is 2. The molecule has 1 atom stereocenters. The van der Waals surface area contributed by atoms with Gasteiger partial charge < -0.3 is 25.0 Å². The zero-order valence-corrected chi connectivity index (χ0v) is 14.2. The number of nitrogens with zero attached hydrogens (tertiary/aromatic N) is 1. The topological polar surface area (TPSA) is 79.9 Å². The van der Waals surface area contributed by atoms with E-state index in [0.29, 0.717) is 25.3 Å². The first kappa shape index (κ1) is 16.4. The third kappa shape index (κ3) is 3.55. The summed E-state index contributed by atoms with van der Waals surface area (Å²) in [5.41, 5.74) is 0.699. The van der Waals surface area contributed by atoms with Gasteiger partial charge in [0.25, 0.3) is 0 Å². The van der Waals surface area contributed by atoms with Crippen molar-refractivity contribution in [2.45, 2.75) is 45.3 Å². The number of urea groups is 1. The fourth-order valence-corrected chi connectivity index (χ4v) is 2.92. The van der Waals surface area contributed by atoms with Crippen LogP contribution in [0.3, 0.4) is 0 Å². The molecule has 7 heteroatoms. The van der Waals surface area contributed by atoms with E-state index in [1.165, 1.54) is 0 Å². The molecule has 1 aromatic carbocycles. The lowest BCUT2D eigenvalue weighted by Crippen LogP contribution is -2.46. The molecule has 0 saturated carbocycles. The monoisotopic (exact) mass is 333 g/mol. The summed E-state index contributed by atoms with van der Waals surface area (Å²) in [5.74, 6) is 1.48. The van der Waals surface area contributed by atoms with Gasteiger partial charge in [0, 0.05) is 25.0 Å². The van der Waals surface area contributed by atoms with Gasteiger partial charge >= 0.3 is 6.03 Å². The molecule has 2 N–H and O–H groups in total. The number of ether oxygens (including phenoxy) is 2. The van der Waals surface area contributed by atoms with E-state index in [-0.39, 0.29) is 30.3 Å². The highest BCUT2D eigenvalue weighted by molar-refractivity contribution is 5.82. The Morgan fingerprint density at radius 3 is 2.75 bits per heavy atom. The molecule has 1 saturated heterocycles. The van der Waals surface area contributed by atoms with E-state index >= 15 is 0 Å². The van der Waals surface area contributed by atoms with Crippen LogP contribution >= 0.6 is 0 Å². The van der Waals surface area contributed by atoms with Crippen LogP contribution in [-0.4, -0.2) is 41.8 Å². The molecule has 3 amide bonds. The van der Waals surface area contributed by atoms with Gasteiger partial charge in [0.15, 0.2) is 11.5 Å². The molecule has 0 aliphatic carbocycles. The van der Waals surface area contributed by atoms with Gasteiger partial charge in [-0.2, -0.15) is 0 Å². The van der Waals surface area contributed by atoms with Crippen LogP contribution in [0.5, 0.6) is 11.5 Å². The van der Waals surface area contributed by atoms with Gasteiger partial charge in [-0.1, -0.05) is 6.07 Å². The molecule has 0 radical (unpaired) electrons. The Balaban J connectivity index is 1.49. The van der Waals surface area contributed by atoms with Gasteiger partial charge in [-0.05, 0) is 38.5 Å². The molecule has 0 aromatic heterocycles. The zero-order chi connectivity index (χ0) is 17.3. The minimum absolute atomic E-state index is 0.0728. The molecule has 1 fully saturated rings. The summed E-state index contributed by atoms with van der Waals surface area (Å²) in [4.78, 5) is 25.9.